The van der Waals surface area contributed by atoms with Gasteiger partial charge in [-0.05, 0) is 13.3 Å². The fourth-order valence-corrected chi connectivity index (χ4v) is 0.957. The Hall–Kier alpha value is -1.32. The van der Waals surface area contributed by atoms with E-state index < -0.39 is 5.97 Å². The SMILES string of the molecule is C=C(C)C(=O)OCCN(C=O)CCCC. The van der Waals surface area contributed by atoms with E-state index in [2.05, 4.69) is 13.5 Å². The molecule has 0 unspecified atom stereocenters. The van der Waals surface area contributed by atoms with Crippen LogP contribution < -0.4 is 0 Å². The Morgan fingerprint density at radius 1 is 1.47 bits per heavy atom. The van der Waals surface area contributed by atoms with Crippen LogP contribution in [0.15, 0.2) is 12.2 Å². The van der Waals surface area contributed by atoms with Gasteiger partial charge in [0.1, 0.15) is 6.61 Å². The number of nitrogens with zero attached hydrogens (tertiary/aromatic N) is 1. The average Bonchev–Trinajstić information content (AvgIpc) is 2.22. The summed E-state index contributed by atoms with van der Waals surface area (Å²) >= 11 is 0. The minimum Gasteiger partial charge on any atom is -0.460 e. The zero-order valence-electron chi connectivity index (χ0n) is 9.49. The quantitative estimate of drug-likeness (QED) is 0.347. The van der Waals surface area contributed by atoms with Crippen molar-refractivity contribution in [1.82, 2.24) is 4.90 Å². The molecule has 0 aliphatic carbocycles. The molecule has 0 atom stereocenters. The van der Waals surface area contributed by atoms with Crippen molar-refractivity contribution in [1.29, 1.82) is 0 Å². The van der Waals surface area contributed by atoms with E-state index in [1.165, 1.54) is 0 Å². The van der Waals surface area contributed by atoms with Crippen LogP contribution in [-0.4, -0.2) is 37.0 Å². The van der Waals surface area contributed by atoms with Crippen molar-refractivity contribution in [2.45, 2.75) is 26.7 Å². The number of carbonyl (C=O) groups excluding carboxylic acids is 2. The lowest BCUT2D eigenvalue weighted by Gasteiger charge is -2.16. The van der Waals surface area contributed by atoms with Gasteiger partial charge in [0.05, 0.1) is 6.54 Å². The minimum atomic E-state index is -0.406. The van der Waals surface area contributed by atoms with Gasteiger partial charge in [0.2, 0.25) is 6.41 Å². The van der Waals surface area contributed by atoms with Crippen molar-refractivity contribution in [3.8, 4) is 0 Å². The molecule has 0 saturated heterocycles. The molecule has 0 aromatic heterocycles. The summed E-state index contributed by atoms with van der Waals surface area (Å²) in [5, 5.41) is 0. The maximum atomic E-state index is 11.0. The molecule has 0 radical (unpaired) electrons. The third-order valence-electron chi connectivity index (χ3n) is 1.91. The monoisotopic (exact) mass is 213 g/mol. The van der Waals surface area contributed by atoms with Crippen LogP contribution in [0, 0.1) is 0 Å². The predicted octanol–water partition coefficient (Wildman–Crippen LogP) is 1.36. The summed E-state index contributed by atoms with van der Waals surface area (Å²) in [7, 11) is 0. The second-order valence-corrected chi connectivity index (χ2v) is 3.41. The molecule has 4 heteroatoms. The smallest absolute Gasteiger partial charge is 0.333 e. The lowest BCUT2D eigenvalue weighted by Crippen LogP contribution is -2.28. The third kappa shape index (κ3) is 6.71. The molecule has 0 N–H and O–H groups in total. The van der Waals surface area contributed by atoms with Crippen LogP contribution in [-0.2, 0) is 14.3 Å². The first-order valence-corrected chi connectivity index (χ1v) is 5.13. The molecule has 0 heterocycles. The highest BCUT2D eigenvalue weighted by Crippen LogP contribution is 1.95. The molecule has 15 heavy (non-hydrogen) atoms. The number of ether oxygens (including phenoxy) is 1. The van der Waals surface area contributed by atoms with Crippen molar-refractivity contribution in [3.63, 3.8) is 0 Å². The maximum Gasteiger partial charge on any atom is 0.333 e. The van der Waals surface area contributed by atoms with Gasteiger partial charge in [0, 0.05) is 12.1 Å². The summed E-state index contributed by atoms with van der Waals surface area (Å²) in [6, 6.07) is 0. The van der Waals surface area contributed by atoms with Gasteiger partial charge < -0.3 is 9.64 Å². The largest absolute Gasteiger partial charge is 0.460 e. The Labute approximate surface area is 90.9 Å². The van der Waals surface area contributed by atoms with Crippen LogP contribution in [0.4, 0.5) is 0 Å². The molecule has 0 spiro atoms. The number of rotatable bonds is 8. The molecule has 4 nitrogen and oxygen atoms in total. The Morgan fingerprint density at radius 2 is 2.13 bits per heavy atom. The zero-order valence-corrected chi connectivity index (χ0v) is 9.49. The molecule has 1 amide bonds. The van der Waals surface area contributed by atoms with Gasteiger partial charge in [-0.25, -0.2) is 4.79 Å². The third-order valence-corrected chi connectivity index (χ3v) is 1.91. The van der Waals surface area contributed by atoms with Crippen molar-refractivity contribution in [2.75, 3.05) is 19.7 Å². The van der Waals surface area contributed by atoms with Crippen LogP contribution in [0.5, 0.6) is 0 Å². The van der Waals surface area contributed by atoms with Gasteiger partial charge in [-0.2, -0.15) is 0 Å². The molecule has 0 bridgehead atoms. The minimum absolute atomic E-state index is 0.230. The number of amides is 1. The molecule has 0 aliphatic heterocycles. The van der Waals surface area contributed by atoms with E-state index in [0.717, 1.165) is 19.3 Å². The van der Waals surface area contributed by atoms with Crippen LogP contribution in [0.2, 0.25) is 0 Å². The van der Waals surface area contributed by atoms with Crippen molar-refractivity contribution >= 4 is 12.4 Å². The number of hydrogen-bond donors (Lipinski definition) is 0. The zero-order chi connectivity index (χ0) is 11.7. The van der Waals surface area contributed by atoms with Crippen LogP contribution >= 0.6 is 0 Å². The van der Waals surface area contributed by atoms with Gasteiger partial charge >= 0.3 is 5.97 Å². The first-order chi connectivity index (χ1) is 7.11. The van der Waals surface area contributed by atoms with Gasteiger partial charge in [-0.15, -0.1) is 0 Å². The van der Waals surface area contributed by atoms with Gasteiger partial charge in [-0.1, -0.05) is 19.9 Å². The number of unbranched alkanes of at least 4 members (excludes halogenated alkanes) is 1. The first kappa shape index (κ1) is 13.7. The molecule has 0 aromatic rings. The summed E-state index contributed by atoms with van der Waals surface area (Å²) < 4.78 is 4.88. The summed E-state index contributed by atoms with van der Waals surface area (Å²) in [5.74, 6) is -0.406. The van der Waals surface area contributed by atoms with E-state index in [4.69, 9.17) is 4.74 Å². The molecule has 0 aliphatic rings. The number of carbonyl (C=O) groups is 2. The second kappa shape index (κ2) is 8.03. The molecular weight excluding hydrogens is 194 g/mol. The average molecular weight is 213 g/mol. The summed E-state index contributed by atoms with van der Waals surface area (Å²) in [6.45, 7) is 8.51. The van der Waals surface area contributed by atoms with Crippen LogP contribution in [0.25, 0.3) is 0 Å². The van der Waals surface area contributed by atoms with E-state index in [1.807, 2.05) is 0 Å². The number of hydrogen-bond acceptors (Lipinski definition) is 3. The van der Waals surface area contributed by atoms with E-state index >= 15 is 0 Å². The van der Waals surface area contributed by atoms with Crippen LogP contribution in [0.3, 0.4) is 0 Å². The van der Waals surface area contributed by atoms with Crippen LogP contribution in [0.1, 0.15) is 26.7 Å². The molecular formula is C11H19NO3. The van der Waals surface area contributed by atoms with Gasteiger partial charge in [-0.3, -0.25) is 4.79 Å². The maximum absolute atomic E-state index is 11.0. The fraction of sp³-hybridized carbons (Fsp3) is 0.636. The Morgan fingerprint density at radius 3 is 2.60 bits per heavy atom. The lowest BCUT2D eigenvalue weighted by molar-refractivity contribution is -0.140. The van der Waals surface area contributed by atoms with E-state index in [0.29, 0.717) is 18.7 Å². The normalized spacial score (nSPS) is 9.47. The lowest BCUT2D eigenvalue weighted by atomic mass is 10.3. The molecule has 0 aromatic carbocycles. The van der Waals surface area contributed by atoms with E-state index in [1.54, 1.807) is 11.8 Å². The second-order valence-electron chi connectivity index (χ2n) is 3.41. The van der Waals surface area contributed by atoms with Crippen molar-refractivity contribution < 1.29 is 14.3 Å². The summed E-state index contributed by atoms with van der Waals surface area (Å²) in [4.78, 5) is 23.2. The topological polar surface area (TPSA) is 46.6 Å². The predicted molar refractivity (Wildman–Crippen MR) is 58.3 cm³/mol. The van der Waals surface area contributed by atoms with E-state index in [9.17, 15) is 9.59 Å². The Balaban J connectivity index is 3.67. The van der Waals surface area contributed by atoms with Crippen molar-refractivity contribution in [3.05, 3.63) is 12.2 Å². The molecule has 0 saturated carbocycles. The fourth-order valence-electron chi connectivity index (χ4n) is 0.957. The van der Waals surface area contributed by atoms with E-state index in [-0.39, 0.29) is 6.61 Å². The molecule has 86 valence electrons. The standard InChI is InChI=1S/C11H19NO3/c1-4-5-6-12(9-13)7-8-15-11(14)10(2)3/h9H,2,4-8H2,1,3H3. The molecule has 0 fully saturated rings. The summed E-state index contributed by atoms with van der Waals surface area (Å²) in [5.41, 5.74) is 0.376. The van der Waals surface area contributed by atoms with Gasteiger partial charge in [0.25, 0.3) is 0 Å². The highest BCUT2D eigenvalue weighted by Gasteiger charge is 2.05. The highest BCUT2D eigenvalue weighted by atomic mass is 16.5. The first-order valence-electron chi connectivity index (χ1n) is 5.13. The van der Waals surface area contributed by atoms with Crippen molar-refractivity contribution in [2.24, 2.45) is 0 Å². The summed E-state index contributed by atoms with van der Waals surface area (Å²) in [6.07, 6.45) is 2.79. The Kier molecular flexibility index (Phi) is 7.32. The highest BCUT2D eigenvalue weighted by molar-refractivity contribution is 5.86. The molecule has 0 rings (SSSR count). The van der Waals surface area contributed by atoms with Gasteiger partial charge in [0.15, 0.2) is 0 Å². The Bertz CT molecular complexity index is 226. The number of esters is 1.